The zero-order valence-electron chi connectivity index (χ0n) is 32.3. The second kappa shape index (κ2) is 12.8. The summed E-state index contributed by atoms with van der Waals surface area (Å²) in [4.78, 5) is 24.8. The Morgan fingerprint density at radius 1 is 0.317 bits per heavy atom. The summed E-state index contributed by atoms with van der Waals surface area (Å²) in [5, 5.41) is 0. The fourth-order valence-corrected chi connectivity index (χ4v) is 10.3. The quantitative estimate of drug-likeness (QED) is 0.168. The smallest absolute Gasteiger partial charge is 0.256 e. The van der Waals surface area contributed by atoms with Gasteiger partial charge in [-0.15, -0.1) is 0 Å². The fraction of sp³-hybridized carbons (Fsp3) is 0. The summed E-state index contributed by atoms with van der Waals surface area (Å²) in [6.07, 6.45) is 7.87. The summed E-state index contributed by atoms with van der Waals surface area (Å²) in [5.41, 5.74) is 18.3. The Kier molecular flexibility index (Phi) is 7.06. The lowest BCUT2D eigenvalue weighted by atomic mass is 9.30. The van der Waals surface area contributed by atoms with Crippen LogP contribution in [0.5, 0.6) is 0 Å². The fourth-order valence-electron chi connectivity index (χ4n) is 10.3. The standard InChI is InChI=1S/C51H33B2N7/c1-5-15-34(16-6-1)57-42-26-29-54-33-41(42)53-39-31-40-47(32-46(39)58(35-17-7-2-8-18-35)44-25-13-24-43(57)48(44)53)60(37-21-11-4-12-22-37)51-49-45(27-30-56-51)59(36-19-9-3-10-20-36)50-38(52(40)49)23-14-28-55-50/h1-33H. The van der Waals surface area contributed by atoms with Crippen molar-refractivity contribution in [2.45, 2.75) is 0 Å². The summed E-state index contributed by atoms with van der Waals surface area (Å²) >= 11 is 0. The van der Waals surface area contributed by atoms with Crippen LogP contribution in [-0.2, 0) is 0 Å². The Morgan fingerprint density at radius 2 is 0.817 bits per heavy atom. The predicted molar refractivity (Wildman–Crippen MR) is 248 cm³/mol. The minimum atomic E-state index is -0.132. The molecule has 7 nitrogen and oxygen atoms in total. The van der Waals surface area contributed by atoms with E-state index in [9.17, 15) is 0 Å². The molecule has 3 aromatic heterocycles. The molecule has 0 N–H and O–H groups in total. The van der Waals surface area contributed by atoms with Gasteiger partial charge in [0.2, 0.25) is 0 Å². The van der Waals surface area contributed by atoms with E-state index in [2.05, 4.69) is 202 Å². The molecule has 0 fully saturated rings. The third kappa shape index (κ3) is 4.60. The van der Waals surface area contributed by atoms with Gasteiger partial charge in [-0.25, -0.2) is 9.97 Å². The van der Waals surface area contributed by atoms with Crippen molar-refractivity contribution in [1.82, 2.24) is 15.0 Å². The molecule has 7 heterocycles. The van der Waals surface area contributed by atoms with E-state index in [1.807, 2.05) is 18.6 Å². The highest BCUT2D eigenvalue weighted by molar-refractivity contribution is 7.03. The summed E-state index contributed by atoms with van der Waals surface area (Å²) in [6.45, 7) is -0.218. The monoisotopic (exact) mass is 765 g/mol. The molecule has 9 aromatic rings. The normalized spacial score (nSPS) is 13.8. The number of benzene rings is 6. The molecule has 9 heteroatoms. The van der Waals surface area contributed by atoms with Crippen LogP contribution >= 0.6 is 0 Å². The second-order valence-corrected chi connectivity index (χ2v) is 15.6. The summed E-state index contributed by atoms with van der Waals surface area (Å²) in [5.74, 6) is 1.85. The molecule has 4 aliphatic rings. The van der Waals surface area contributed by atoms with Gasteiger partial charge in [0.1, 0.15) is 11.6 Å². The van der Waals surface area contributed by atoms with Gasteiger partial charge in [-0.1, -0.05) is 91.0 Å². The molecule has 0 atom stereocenters. The topological polar surface area (TPSA) is 51.6 Å². The minimum absolute atomic E-state index is 0.0853. The Labute approximate surface area is 348 Å². The van der Waals surface area contributed by atoms with Gasteiger partial charge in [0.15, 0.2) is 0 Å². The first-order chi connectivity index (χ1) is 29.8. The van der Waals surface area contributed by atoms with Crippen LogP contribution in [-0.4, -0.2) is 28.4 Å². The largest absolute Gasteiger partial charge is 0.311 e. The van der Waals surface area contributed by atoms with Crippen molar-refractivity contribution in [2.24, 2.45) is 0 Å². The van der Waals surface area contributed by atoms with E-state index in [-0.39, 0.29) is 13.4 Å². The molecule has 0 spiro atoms. The molecule has 0 aliphatic carbocycles. The molecular formula is C51H33B2N7. The van der Waals surface area contributed by atoms with E-state index in [4.69, 9.17) is 15.0 Å². The molecule has 4 aliphatic heterocycles. The van der Waals surface area contributed by atoms with Crippen LogP contribution in [0, 0.1) is 0 Å². The van der Waals surface area contributed by atoms with Crippen molar-refractivity contribution in [3.8, 4) is 0 Å². The van der Waals surface area contributed by atoms with E-state index in [0.717, 1.165) is 73.7 Å². The van der Waals surface area contributed by atoms with Crippen LogP contribution < -0.4 is 52.4 Å². The van der Waals surface area contributed by atoms with Gasteiger partial charge in [0.05, 0.1) is 0 Å². The Bertz CT molecular complexity index is 2940. The minimum Gasteiger partial charge on any atom is -0.311 e. The molecule has 278 valence electrons. The Morgan fingerprint density at radius 3 is 1.45 bits per heavy atom. The van der Waals surface area contributed by atoms with E-state index in [1.165, 1.54) is 27.5 Å². The van der Waals surface area contributed by atoms with Crippen LogP contribution in [0.2, 0.25) is 0 Å². The van der Waals surface area contributed by atoms with Crippen LogP contribution in [0.1, 0.15) is 0 Å². The van der Waals surface area contributed by atoms with Crippen molar-refractivity contribution in [3.05, 3.63) is 201 Å². The van der Waals surface area contributed by atoms with Gasteiger partial charge >= 0.3 is 0 Å². The van der Waals surface area contributed by atoms with Gasteiger partial charge in [-0.2, -0.15) is 0 Å². The van der Waals surface area contributed by atoms with Crippen LogP contribution in [0.3, 0.4) is 0 Å². The van der Waals surface area contributed by atoms with Gasteiger partial charge in [-0.3, -0.25) is 14.8 Å². The number of pyridine rings is 3. The van der Waals surface area contributed by atoms with Crippen LogP contribution in [0.15, 0.2) is 201 Å². The Balaban J connectivity index is 1.14. The number of rotatable bonds is 4. The number of anilines is 12. The number of hydrogen-bond donors (Lipinski definition) is 0. The van der Waals surface area contributed by atoms with Crippen LogP contribution in [0.25, 0.3) is 0 Å². The molecule has 0 amide bonds. The number of aromatic nitrogens is 3. The molecule has 0 saturated carbocycles. The second-order valence-electron chi connectivity index (χ2n) is 15.6. The zero-order valence-corrected chi connectivity index (χ0v) is 32.3. The molecular weight excluding hydrogens is 732 g/mol. The van der Waals surface area contributed by atoms with Crippen molar-refractivity contribution in [1.29, 1.82) is 0 Å². The van der Waals surface area contributed by atoms with Gasteiger partial charge in [0.25, 0.3) is 13.4 Å². The maximum atomic E-state index is 5.27. The van der Waals surface area contributed by atoms with Gasteiger partial charge in [0, 0.05) is 81.7 Å². The van der Waals surface area contributed by atoms with Crippen molar-refractivity contribution in [3.63, 3.8) is 0 Å². The molecule has 0 unspecified atom stereocenters. The highest BCUT2D eigenvalue weighted by atomic mass is 15.2. The van der Waals surface area contributed by atoms with Crippen molar-refractivity contribution >= 4 is 115 Å². The first kappa shape index (κ1) is 33.1. The van der Waals surface area contributed by atoms with Crippen molar-refractivity contribution in [2.75, 3.05) is 19.6 Å². The highest BCUT2D eigenvalue weighted by Crippen LogP contribution is 2.47. The predicted octanol–water partition coefficient (Wildman–Crippen LogP) is 8.04. The average Bonchev–Trinajstić information content (AvgIpc) is 3.32. The van der Waals surface area contributed by atoms with E-state index >= 15 is 0 Å². The highest BCUT2D eigenvalue weighted by Gasteiger charge is 2.48. The third-order valence-electron chi connectivity index (χ3n) is 12.6. The maximum Gasteiger partial charge on any atom is 0.256 e. The van der Waals surface area contributed by atoms with Crippen molar-refractivity contribution < 1.29 is 0 Å². The van der Waals surface area contributed by atoms with Gasteiger partial charge < -0.3 is 9.80 Å². The average molecular weight is 765 g/mol. The van der Waals surface area contributed by atoms with Crippen LogP contribution in [0.4, 0.5) is 68.5 Å². The molecule has 0 saturated heterocycles. The van der Waals surface area contributed by atoms with E-state index in [1.54, 1.807) is 0 Å². The summed E-state index contributed by atoms with van der Waals surface area (Å²) in [6, 6.07) is 63.1. The number of hydrogen-bond acceptors (Lipinski definition) is 7. The Hall–Kier alpha value is -7.90. The SMILES string of the molecule is c1ccc(N2c3ccncc3B3c4cc5c(cc4N(c4ccccc4)c4cccc2c43)N(c2ccccc2)c2nccc3c2B5c2cccnc2N3c2ccccc2)cc1. The zero-order chi connectivity index (χ0) is 39.3. The first-order valence-corrected chi connectivity index (χ1v) is 20.4. The van der Waals surface area contributed by atoms with E-state index < -0.39 is 0 Å². The number of nitrogens with zero attached hydrogens (tertiary/aromatic N) is 7. The molecule has 6 aromatic carbocycles. The lowest BCUT2D eigenvalue weighted by Gasteiger charge is -2.46. The van der Waals surface area contributed by atoms with E-state index in [0.29, 0.717) is 0 Å². The first-order valence-electron chi connectivity index (χ1n) is 20.4. The van der Waals surface area contributed by atoms with Gasteiger partial charge in [-0.05, 0) is 118 Å². The number of para-hydroxylation sites is 4. The summed E-state index contributed by atoms with van der Waals surface area (Å²) in [7, 11) is 0. The summed E-state index contributed by atoms with van der Waals surface area (Å²) < 4.78 is 0. The molecule has 60 heavy (non-hydrogen) atoms. The molecule has 13 rings (SSSR count). The molecule has 0 radical (unpaired) electrons. The molecule has 0 bridgehead atoms. The number of fused-ring (bicyclic) bond motifs is 8. The third-order valence-corrected chi connectivity index (χ3v) is 12.6. The lowest BCUT2D eigenvalue weighted by molar-refractivity contribution is 1.15. The lowest BCUT2D eigenvalue weighted by Crippen LogP contribution is -2.65. The maximum absolute atomic E-state index is 5.27.